The fourth-order valence-electron chi connectivity index (χ4n) is 1.45. The number of H-pyrrole nitrogens is 1. The van der Waals surface area contributed by atoms with Gasteiger partial charge in [0, 0.05) is 12.4 Å². The number of nitrogens with one attached hydrogen (secondary N) is 1. The maximum absolute atomic E-state index is 11.9. The SMILES string of the molecule is O=S(=O)(Cc1ccc(CO)cc1)c1ncc[nH]1. The number of rotatable bonds is 4. The van der Waals surface area contributed by atoms with Crippen LogP contribution in [0.2, 0.25) is 0 Å². The summed E-state index contributed by atoms with van der Waals surface area (Å²) in [6.45, 7) is -0.0504. The van der Waals surface area contributed by atoms with E-state index in [4.69, 9.17) is 5.11 Å². The number of nitrogens with zero attached hydrogens (tertiary/aromatic N) is 1. The lowest BCUT2D eigenvalue weighted by molar-refractivity contribution is 0.282. The van der Waals surface area contributed by atoms with Crippen LogP contribution >= 0.6 is 0 Å². The van der Waals surface area contributed by atoms with E-state index in [2.05, 4.69) is 9.97 Å². The molecule has 0 aliphatic heterocycles. The van der Waals surface area contributed by atoms with Crippen molar-refractivity contribution in [2.45, 2.75) is 17.5 Å². The zero-order chi connectivity index (χ0) is 12.3. The van der Waals surface area contributed by atoms with Crippen molar-refractivity contribution in [1.82, 2.24) is 9.97 Å². The van der Waals surface area contributed by atoms with Gasteiger partial charge < -0.3 is 10.1 Å². The fraction of sp³-hybridized carbons (Fsp3) is 0.182. The summed E-state index contributed by atoms with van der Waals surface area (Å²) in [6, 6.07) is 6.78. The van der Waals surface area contributed by atoms with Crippen LogP contribution in [-0.2, 0) is 22.2 Å². The highest BCUT2D eigenvalue weighted by molar-refractivity contribution is 7.90. The van der Waals surface area contributed by atoms with E-state index in [1.165, 1.54) is 12.4 Å². The molecule has 0 aliphatic rings. The van der Waals surface area contributed by atoms with E-state index in [0.717, 1.165) is 5.56 Å². The molecular weight excluding hydrogens is 240 g/mol. The third kappa shape index (κ3) is 2.72. The van der Waals surface area contributed by atoms with E-state index in [-0.39, 0.29) is 17.5 Å². The predicted octanol–water partition coefficient (Wildman–Crippen LogP) is 0.876. The zero-order valence-corrected chi connectivity index (χ0v) is 9.81. The van der Waals surface area contributed by atoms with Crippen molar-refractivity contribution in [2.24, 2.45) is 0 Å². The second-order valence-corrected chi connectivity index (χ2v) is 5.53. The maximum Gasteiger partial charge on any atom is 0.225 e. The van der Waals surface area contributed by atoms with E-state index in [9.17, 15) is 8.42 Å². The maximum atomic E-state index is 11.9. The highest BCUT2D eigenvalue weighted by Crippen LogP contribution is 2.13. The molecule has 0 spiro atoms. The molecule has 90 valence electrons. The van der Waals surface area contributed by atoms with Crippen molar-refractivity contribution in [1.29, 1.82) is 0 Å². The van der Waals surface area contributed by atoms with E-state index in [0.29, 0.717) is 5.56 Å². The molecule has 0 bridgehead atoms. The lowest BCUT2D eigenvalue weighted by Gasteiger charge is -2.02. The standard InChI is InChI=1S/C11H12N2O3S/c14-7-9-1-3-10(4-2-9)8-17(15,16)11-12-5-6-13-11/h1-6,14H,7-8H2,(H,12,13). The number of aromatic nitrogens is 2. The van der Waals surface area contributed by atoms with Gasteiger partial charge in [-0.15, -0.1) is 0 Å². The second-order valence-electron chi connectivity index (χ2n) is 3.63. The Hall–Kier alpha value is -1.66. The van der Waals surface area contributed by atoms with Crippen LogP contribution in [-0.4, -0.2) is 23.5 Å². The predicted molar refractivity (Wildman–Crippen MR) is 61.8 cm³/mol. The van der Waals surface area contributed by atoms with Gasteiger partial charge in [0.15, 0.2) is 0 Å². The number of benzene rings is 1. The number of imidazole rings is 1. The molecule has 1 aromatic carbocycles. The Morgan fingerprint density at radius 2 is 1.82 bits per heavy atom. The van der Waals surface area contributed by atoms with Crippen molar-refractivity contribution in [3.8, 4) is 0 Å². The average Bonchev–Trinajstić information content (AvgIpc) is 2.84. The second kappa shape index (κ2) is 4.68. The molecule has 2 rings (SSSR count). The molecule has 17 heavy (non-hydrogen) atoms. The summed E-state index contributed by atoms with van der Waals surface area (Å²) in [5.41, 5.74) is 1.42. The highest BCUT2D eigenvalue weighted by Gasteiger charge is 2.17. The molecule has 5 nitrogen and oxygen atoms in total. The lowest BCUT2D eigenvalue weighted by atomic mass is 10.2. The third-order valence-corrected chi connectivity index (χ3v) is 3.86. The molecule has 0 saturated carbocycles. The van der Waals surface area contributed by atoms with Gasteiger partial charge in [-0.3, -0.25) is 0 Å². The summed E-state index contributed by atoms with van der Waals surface area (Å²) in [5.74, 6) is -0.105. The van der Waals surface area contributed by atoms with Crippen LogP contribution in [0.3, 0.4) is 0 Å². The normalized spacial score (nSPS) is 11.6. The molecule has 0 unspecified atom stereocenters. The van der Waals surface area contributed by atoms with E-state index < -0.39 is 9.84 Å². The summed E-state index contributed by atoms with van der Waals surface area (Å²) >= 11 is 0. The Labute approximate surface area is 99.1 Å². The van der Waals surface area contributed by atoms with Crippen molar-refractivity contribution in [2.75, 3.05) is 0 Å². The van der Waals surface area contributed by atoms with E-state index in [1.807, 2.05) is 0 Å². The van der Waals surface area contributed by atoms with Crippen LogP contribution in [0.15, 0.2) is 41.8 Å². The molecule has 2 aromatic rings. The highest BCUT2D eigenvalue weighted by atomic mass is 32.2. The minimum Gasteiger partial charge on any atom is -0.392 e. The van der Waals surface area contributed by atoms with Gasteiger partial charge in [0.1, 0.15) is 0 Å². The monoisotopic (exact) mass is 252 g/mol. The lowest BCUT2D eigenvalue weighted by Crippen LogP contribution is -2.06. The molecule has 0 amide bonds. The van der Waals surface area contributed by atoms with Gasteiger partial charge in [-0.1, -0.05) is 24.3 Å². The Balaban J connectivity index is 2.21. The van der Waals surface area contributed by atoms with Gasteiger partial charge in [0.2, 0.25) is 15.0 Å². The quantitative estimate of drug-likeness (QED) is 0.846. The summed E-state index contributed by atoms with van der Waals surface area (Å²) < 4.78 is 23.7. The number of hydrogen-bond acceptors (Lipinski definition) is 4. The van der Waals surface area contributed by atoms with Crippen LogP contribution < -0.4 is 0 Å². The minimum atomic E-state index is -3.42. The fourth-order valence-corrected chi connectivity index (χ4v) is 2.69. The number of aliphatic hydroxyl groups is 1. The Morgan fingerprint density at radius 3 is 2.35 bits per heavy atom. The molecule has 0 fully saturated rings. The molecule has 0 aliphatic carbocycles. The van der Waals surface area contributed by atoms with E-state index >= 15 is 0 Å². The van der Waals surface area contributed by atoms with Crippen LogP contribution in [0.25, 0.3) is 0 Å². The Bertz CT molecular complexity index is 574. The smallest absolute Gasteiger partial charge is 0.225 e. The molecule has 1 heterocycles. The third-order valence-electron chi connectivity index (χ3n) is 2.33. The first-order valence-electron chi connectivity index (χ1n) is 5.02. The largest absolute Gasteiger partial charge is 0.392 e. The molecular formula is C11H12N2O3S. The summed E-state index contributed by atoms with van der Waals surface area (Å²) in [6.07, 6.45) is 2.88. The van der Waals surface area contributed by atoms with Crippen LogP contribution in [0.1, 0.15) is 11.1 Å². The molecule has 0 atom stereocenters. The van der Waals surface area contributed by atoms with E-state index in [1.54, 1.807) is 24.3 Å². The number of aliphatic hydroxyl groups excluding tert-OH is 1. The molecule has 6 heteroatoms. The molecule has 0 saturated heterocycles. The summed E-state index contributed by atoms with van der Waals surface area (Å²) in [4.78, 5) is 6.32. The van der Waals surface area contributed by atoms with Crippen molar-refractivity contribution in [3.05, 3.63) is 47.8 Å². The molecule has 2 N–H and O–H groups in total. The number of aromatic amines is 1. The summed E-state index contributed by atoms with van der Waals surface area (Å²) in [5, 5.41) is 8.85. The first-order valence-corrected chi connectivity index (χ1v) is 6.68. The molecule has 1 aromatic heterocycles. The van der Waals surface area contributed by atoms with Crippen molar-refractivity contribution in [3.63, 3.8) is 0 Å². The van der Waals surface area contributed by atoms with Crippen molar-refractivity contribution < 1.29 is 13.5 Å². The van der Waals surface area contributed by atoms with Crippen LogP contribution in [0.4, 0.5) is 0 Å². The van der Waals surface area contributed by atoms with Crippen molar-refractivity contribution >= 4 is 9.84 Å². The number of sulfone groups is 1. The van der Waals surface area contributed by atoms with Gasteiger partial charge in [0.05, 0.1) is 12.4 Å². The zero-order valence-electron chi connectivity index (χ0n) is 9.00. The summed E-state index contributed by atoms with van der Waals surface area (Å²) in [7, 11) is -3.42. The Kier molecular flexibility index (Phi) is 3.26. The number of hydrogen-bond donors (Lipinski definition) is 2. The Morgan fingerprint density at radius 1 is 1.18 bits per heavy atom. The van der Waals surface area contributed by atoms with Crippen LogP contribution in [0.5, 0.6) is 0 Å². The molecule has 0 radical (unpaired) electrons. The van der Waals surface area contributed by atoms with Gasteiger partial charge in [-0.2, -0.15) is 0 Å². The topological polar surface area (TPSA) is 83.1 Å². The van der Waals surface area contributed by atoms with Crippen LogP contribution in [0, 0.1) is 0 Å². The van der Waals surface area contributed by atoms with Gasteiger partial charge >= 0.3 is 0 Å². The minimum absolute atomic E-state index is 0.0243. The van der Waals surface area contributed by atoms with Gasteiger partial charge in [0.25, 0.3) is 0 Å². The van der Waals surface area contributed by atoms with Gasteiger partial charge in [-0.05, 0) is 11.1 Å². The first-order chi connectivity index (χ1) is 8.12. The average molecular weight is 252 g/mol. The van der Waals surface area contributed by atoms with Gasteiger partial charge in [-0.25, -0.2) is 13.4 Å². The first kappa shape index (κ1) is 11.8.